The zero-order valence-electron chi connectivity index (χ0n) is 19.3. The van der Waals surface area contributed by atoms with Gasteiger partial charge in [-0.1, -0.05) is 0 Å². The lowest BCUT2D eigenvalue weighted by atomic mass is 10.1. The smallest absolute Gasteiger partial charge is 0.410 e. The van der Waals surface area contributed by atoms with E-state index in [9.17, 15) is 13.2 Å². The standard InChI is InChI=1S/C21H34N4O6S/c1-5-32(27,28)25-12-8-18(9-13-25)31-20-16(4)19(22-14-23-20)30-17-6-10-24(11-7-17)21(26)29-15(2)3/h14-15,17-18H,5-13H2,1-4H3. The molecule has 180 valence electrons. The second-order valence-corrected chi connectivity index (χ2v) is 10.7. The first-order valence-corrected chi connectivity index (χ1v) is 12.9. The predicted octanol–water partition coefficient (Wildman–Crippen LogP) is 2.37. The van der Waals surface area contributed by atoms with Crippen LogP contribution >= 0.6 is 0 Å². The van der Waals surface area contributed by atoms with Crippen molar-refractivity contribution in [1.29, 1.82) is 0 Å². The number of rotatable bonds is 7. The van der Waals surface area contributed by atoms with E-state index in [0.29, 0.717) is 63.6 Å². The van der Waals surface area contributed by atoms with Crippen molar-refractivity contribution in [3.05, 3.63) is 11.9 Å². The molecule has 0 bridgehead atoms. The van der Waals surface area contributed by atoms with E-state index in [1.807, 2.05) is 20.8 Å². The Morgan fingerprint density at radius 3 is 2.00 bits per heavy atom. The molecule has 0 saturated carbocycles. The fourth-order valence-electron chi connectivity index (χ4n) is 3.82. The maximum atomic E-state index is 12.0. The second-order valence-electron chi connectivity index (χ2n) is 8.46. The zero-order chi connectivity index (χ0) is 23.3. The highest BCUT2D eigenvalue weighted by Crippen LogP contribution is 2.28. The number of piperidine rings is 2. The number of amides is 1. The number of nitrogens with zero attached hydrogens (tertiary/aromatic N) is 4. The van der Waals surface area contributed by atoms with Gasteiger partial charge in [0.25, 0.3) is 0 Å². The van der Waals surface area contributed by atoms with Crippen molar-refractivity contribution in [2.24, 2.45) is 0 Å². The molecule has 2 aliphatic rings. The van der Waals surface area contributed by atoms with Crippen LogP contribution in [0.15, 0.2) is 6.33 Å². The van der Waals surface area contributed by atoms with Crippen LogP contribution in [-0.4, -0.2) is 83.9 Å². The molecular weight excluding hydrogens is 436 g/mol. The van der Waals surface area contributed by atoms with Crippen LogP contribution in [0.2, 0.25) is 0 Å². The summed E-state index contributed by atoms with van der Waals surface area (Å²) >= 11 is 0. The molecule has 11 heteroatoms. The minimum atomic E-state index is -3.16. The molecule has 1 aromatic heterocycles. The molecule has 0 aromatic carbocycles. The van der Waals surface area contributed by atoms with Gasteiger partial charge in [-0.05, 0) is 40.5 Å². The summed E-state index contributed by atoms with van der Waals surface area (Å²) in [5.41, 5.74) is 0.720. The molecule has 2 fully saturated rings. The quantitative estimate of drug-likeness (QED) is 0.597. The molecule has 0 atom stereocenters. The molecule has 32 heavy (non-hydrogen) atoms. The molecule has 1 amide bonds. The largest absolute Gasteiger partial charge is 0.474 e. The summed E-state index contributed by atoms with van der Waals surface area (Å²) < 4.78 is 43.0. The minimum absolute atomic E-state index is 0.0537. The maximum absolute atomic E-state index is 12.0. The average Bonchev–Trinajstić information content (AvgIpc) is 2.77. The Labute approximate surface area is 190 Å². The SMILES string of the molecule is CCS(=O)(=O)N1CCC(Oc2ncnc(OC3CCN(C(=O)OC(C)C)CC3)c2C)CC1. The van der Waals surface area contributed by atoms with Crippen molar-refractivity contribution in [3.63, 3.8) is 0 Å². The summed E-state index contributed by atoms with van der Waals surface area (Å²) in [5, 5.41) is 0. The summed E-state index contributed by atoms with van der Waals surface area (Å²) in [7, 11) is -3.16. The Balaban J connectivity index is 1.53. The normalized spacial score (nSPS) is 19.2. The molecule has 2 aliphatic heterocycles. The second kappa shape index (κ2) is 10.7. The lowest BCUT2D eigenvalue weighted by Gasteiger charge is -2.32. The molecule has 3 heterocycles. The van der Waals surface area contributed by atoms with Crippen LogP contribution in [0.1, 0.15) is 52.0 Å². The van der Waals surface area contributed by atoms with Gasteiger partial charge in [0.2, 0.25) is 21.8 Å². The Kier molecular flexibility index (Phi) is 8.16. The van der Waals surface area contributed by atoms with Crippen LogP contribution in [0.25, 0.3) is 0 Å². The van der Waals surface area contributed by atoms with E-state index < -0.39 is 10.0 Å². The fraction of sp³-hybridized carbons (Fsp3) is 0.762. The van der Waals surface area contributed by atoms with Gasteiger partial charge in [-0.2, -0.15) is 0 Å². The molecule has 3 rings (SSSR count). The third-order valence-electron chi connectivity index (χ3n) is 5.74. The van der Waals surface area contributed by atoms with Crippen LogP contribution < -0.4 is 9.47 Å². The van der Waals surface area contributed by atoms with Crippen molar-refractivity contribution in [3.8, 4) is 11.8 Å². The predicted molar refractivity (Wildman–Crippen MR) is 118 cm³/mol. The molecule has 0 radical (unpaired) electrons. The van der Waals surface area contributed by atoms with Gasteiger partial charge in [0.15, 0.2) is 0 Å². The van der Waals surface area contributed by atoms with E-state index in [0.717, 1.165) is 5.56 Å². The molecule has 2 saturated heterocycles. The summed E-state index contributed by atoms with van der Waals surface area (Å²) in [6.45, 7) is 9.23. The van der Waals surface area contributed by atoms with Crippen LogP contribution in [0, 0.1) is 6.92 Å². The summed E-state index contributed by atoms with van der Waals surface area (Å²) in [6.07, 6.45) is 3.45. The third kappa shape index (κ3) is 6.22. The Bertz CT molecular complexity index is 878. The minimum Gasteiger partial charge on any atom is -0.474 e. The Hall–Kier alpha value is -2.14. The Morgan fingerprint density at radius 1 is 1.03 bits per heavy atom. The third-order valence-corrected chi connectivity index (χ3v) is 7.63. The number of hydrogen-bond acceptors (Lipinski definition) is 8. The first kappa shape index (κ1) is 24.5. The number of carbonyl (C=O) groups excluding carboxylic acids is 1. The van der Waals surface area contributed by atoms with Crippen molar-refractivity contribution in [2.75, 3.05) is 31.9 Å². The van der Waals surface area contributed by atoms with Gasteiger partial charge in [0, 0.05) is 39.0 Å². The summed E-state index contributed by atoms with van der Waals surface area (Å²) in [4.78, 5) is 22.3. The number of ether oxygens (including phenoxy) is 3. The first-order valence-electron chi connectivity index (χ1n) is 11.3. The van der Waals surface area contributed by atoms with E-state index in [4.69, 9.17) is 14.2 Å². The number of aromatic nitrogens is 2. The number of sulfonamides is 1. The van der Waals surface area contributed by atoms with E-state index in [2.05, 4.69) is 9.97 Å². The first-order chi connectivity index (χ1) is 15.2. The van der Waals surface area contributed by atoms with Gasteiger partial charge in [-0.3, -0.25) is 0 Å². The molecule has 0 unspecified atom stereocenters. The van der Waals surface area contributed by atoms with Crippen molar-refractivity contribution in [2.45, 2.75) is 71.7 Å². The zero-order valence-corrected chi connectivity index (χ0v) is 20.1. The maximum Gasteiger partial charge on any atom is 0.410 e. The van der Waals surface area contributed by atoms with Crippen LogP contribution in [0.4, 0.5) is 4.79 Å². The van der Waals surface area contributed by atoms with Crippen molar-refractivity contribution < 1.29 is 27.4 Å². The molecule has 0 aliphatic carbocycles. The molecule has 1 aromatic rings. The van der Waals surface area contributed by atoms with Crippen molar-refractivity contribution >= 4 is 16.1 Å². The highest BCUT2D eigenvalue weighted by Gasteiger charge is 2.29. The molecular formula is C21H34N4O6S. The number of carbonyl (C=O) groups is 1. The van der Waals surface area contributed by atoms with Crippen molar-refractivity contribution in [1.82, 2.24) is 19.2 Å². The lowest BCUT2D eigenvalue weighted by Crippen LogP contribution is -2.43. The Morgan fingerprint density at radius 2 is 1.53 bits per heavy atom. The monoisotopic (exact) mass is 470 g/mol. The molecule has 0 spiro atoms. The van der Waals surface area contributed by atoms with Gasteiger partial charge in [-0.25, -0.2) is 27.5 Å². The summed E-state index contributed by atoms with van der Waals surface area (Å²) in [6, 6.07) is 0. The molecule has 10 nitrogen and oxygen atoms in total. The van der Waals surface area contributed by atoms with Gasteiger partial charge < -0.3 is 19.1 Å². The number of hydrogen-bond donors (Lipinski definition) is 0. The van der Waals surface area contributed by atoms with Crippen LogP contribution in [-0.2, 0) is 14.8 Å². The molecule has 0 N–H and O–H groups in total. The average molecular weight is 471 g/mol. The van der Waals surface area contributed by atoms with E-state index in [-0.39, 0.29) is 30.2 Å². The van der Waals surface area contributed by atoms with Crippen LogP contribution in [0.3, 0.4) is 0 Å². The van der Waals surface area contributed by atoms with E-state index in [1.54, 1.807) is 11.8 Å². The highest BCUT2D eigenvalue weighted by molar-refractivity contribution is 7.89. The fourth-order valence-corrected chi connectivity index (χ4v) is 4.95. The van der Waals surface area contributed by atoms with Crippen LogP contribution in [0.5, 0.6) is 11.8 Å². The van der Waals surface area contributed by atoms with Gasteiger partial charge in [0.05, 0.1) is 17.4 Å². The van der Waals surface area contributed by atoms with E-state index in [1.165, 1.54) is 10.6 Å². The number of likely N-dealkylation sites (tertiary alicyclic amines) is 1. The summed E-state index contributed by atoms with van der Waals surface area (Å²) in [5.74, 6) is 1.05. The van der Waals surface area contributed by atoms with Gasteiger partial charge in [0.1, 0.15) is 18.5 Å². The van der Waals surface area contributed by atoms with Gasteiger partial charge >= 0.3 is 6.09 Å². The van der Waals surface area contributed by atoms with Gasteiger partial charge in [-0.15, -0.1) is 0 Å². The highest BCUT2D eigenvalue weighted by atomic mass is 32.2. The topological polar surface area (TPSA) is 111 Å². The van der Waals surface area contributed by atoms with E-state index >= 15 is 0 Å². The lowest BCUT2D eigenvalue weighted by molar-refractivity contribution is 0.0503.